The Morgan fingerprint density at radius 1 is 1.28 bits per heavy atom. The molecule has 1 aliphatic rings. The summed E-state index contributed by atoms with van der Waals surface area (Å²) >= 11 is 0. The van der Waals surface area contributed by atoms with Gasteiger partial charge in [-0.3, -0.25) is 4.79 Å². The Bertz CT molecular complexity index is 848. The molecule has 0 bridgehead atoms. The molecule has 25 heavy (non-hydrogen) atoms. The van der Waals surface area contributed by atoms with Crippen LogP contribution in [0.2, 0.25) is 0 Å². The summed E-state index contributed by atoms with van der Waals surface area (Å²) in [4.78, 5) is 12.5. The molecule has 0 saturated carbocycles. The van der Waals surface area contributed by atoms with Crippen molar-refractivity contribution in [2.45, 2.75) is 33.2 Å². The van der Waals surface area contributed by atoms with Crippen molar-refractivity contribution in [2.24, 2.45) is 0 Å². The first-order chi connectivity index (χ1) is 12.0. The lowest BCUT2D eigenvalue weighted by molar-refractivity contribution is 0.0944. The predicted molar refractivity (Wildman–Crippen MR) is 93.4 cm³/mol. The highest BCUT2D eigenvalue weighted by Gasteiger charge is 2.20. The first-order valence-electron chi connectivity index (χ1n) is 8.34. The van der Waals surface area contributed by atoms with Gasteiger partial charge in [0.05, 0.1) is 11.6 Å². The van der Waals surface area contributed by atoms with Gasteiger partial charge in [-0.15, -0.1) is 0 Å². The van der Waals surface area contributed by atoms with Crippen molar-refractivity contribution in [2.75, 3.05) is 13.2 Å². The molecule has 0 aliphatic carbocycles. The highest BCUT2D eigenvalue weighted by atomic mass is 16.6. The van der Waals surface area contributed by atoms with Crippen LogP contribution in [-0.2, 0) is 0 Å². The number of nitriles is 1. The van der Waals surface area contributed by atoms with Gasteiger partial charge in [-0.25, -0.2) is 0 Å². The number of carbonyl (C=O) groups is 1. The highest BCUT2D eigenvalue weighted by molar-refractivity contribution is 5.96. The molecule has 1 aromatic heterocycles. The van der Waals surface area contributed by atoms with Crippen LogP contribution >= 0.6 is 0 Å². The number of nitrogens with one attached hydrogen (secondary N) is 1. The third-order valence-corrected chi connectivity index (χ3v) is 4.33. The second kappa shape index (κ2) is 6.89. The minimum atomic E-state index is -0.482. The molecule has 1 aromatic carbocycles. The minimum absolute atomic E-state index is 0.231. The number of nitrogens with zero attached hydrogens (tertiary/aromatic N) is 2. The van der Waals surface area contributed by atoms with E-state index in [1.807, 2.05) is 49.6 Å². The topological polar surface area (TPSA) is 76.3 Å². The normalized spacial score (nSPS) is 13.8. The van der Waals surface area contributed by atoms with E-state index in [9.17, 15) is 4.79 Å². The first-order valence-corrected chi connectivity index (χ1v) is 8.34. The van der Waals surface area contributed by atoms with Crippen LogP contribution in [0.3, 0.4) is 0 Å². The molecule has 0 radical (unpaired) electrons. The van der Waals surface area contributed by atoms with E-state index in [4.69, 9.17) is 14.7 Å². The number of hydrogen-bond acceptors (Lipinski definition) is 4. The van der Waals surface area contributed by atoms with Crippen molar-refractivity contribution >= 4 is 5.91 Å². The molecule has 2 aromatic rings. The van der Waals surface area contributed by atoms with Gasteiger partial charge in [0.25, 0.3) is 5.91 Å². The Morgan fingerprint density at radius 2 is 2.00 bits per heavy atom. The number of aromatic nitrogens is 1. The van der Waals surface area contributed by atoms with Gasteiger partial charge < -0.3 is 19.4 Å². The van der Waals surface area contributed by atoms with Crippen LogP contribution in [0.15, 0.2) is 24.3 Å². The van der Waals surface area contributed by atoms with Gasteiger partial charge in [0.1, 0.15) is 19.3 Å². The van der Waals surface area contributed by atoms with Crippen LogP contribution in [-0.4, -0.2) is 29.7 Å². The fourth-order valence-corrected chi connectivity index (χ4v) is 3.02. The average Bonchev–Trinajstić information content (AvgIpc) is 2.93. The van der Waals surface area contributed by atoms with Gasteiger partial charge in [-0.1, -0.05) is 6.92 Å². The number of aryl methyl sites for hydroxylation is 1. The van der Waals surface area contributed by atoms with Gasteiger partial charge >= 0.3 is 0 Å². The second-order valence-corrected chi connectivity index (χ2v) is 6.01. The molecule has 1 N–H and O–H groups in total. The number of carbonyl (C=O) groups excluding carboxylic acids is 1. The molecule has 1 atom stereocenters. The highest BCUT2D eigenvalue weighted by Crippen LogP contribution is 2.33. The summed E-state index contributed by atoms with van der Waals surface area (Å²) in [6.07, 6.45) is 0.573. The number of benzene rings is 1. The minimum Gasteiger partial charge on any atom is -0.486 e. The van der Waals surface area contributed by atoms with Crippen molar-refractivity contribution in [3.63, 3.8) is 0 Å². The largest absolute Gasteiger partial charge is 0.486 e. The fourth-order valence-electron chi connectivity index (χ4n) is 3.02. The molecule has 0 spiro atoms. The van der Waals surface area contributed by atoms with Crippen LogP contribution in [0.25, 0.3) is 5.69 Å². The van der Waals surface area contributed by atoms with E-state index >= 15 is 0 Å². The average molecular weight is 339 g/mol. The number of fused-ring (bicyclic) bond motifs is 1. The Balaban J connectivity index is 1.95. The van der Waals surface area contributed by atoms with Gasteiger partial charge in [0.15, 0.2) is 11.5 Å². The van der Waals surface area contributed by atoms with Crippen molar-refractivity contribution in [1.82, 2.24) is 9.88 Å². The number of ether oxygens (including phenoxy) is 2. The Labute approximate surface area is 147 Å². The van der Waals surface area contributed by atoms with Crippen LogP contribution in [0, 0.1) is 25.2 Å². The number of rotatable bonds is 4. The Kier molecular flexibility index (Phi) is 4.66. The Morgan fingerprint density at radius 3 is 2.68 bits per heavy atom. The van der Waals surface area contributed by atoms with Gasteiger partial charge in [0.2, 0.25) is 0 Å². The summed E-state index contributed by atoms with van der Waals surface area (Å²) in [5.74, 6) is 1.21. The lowest BCUT2D eigenvalue weighted by Crippen LogP contribution is -2.33. The molecule has 0 unspecified atom stereocenters. The van der Waals surface area contributed by atoms with Crippen molar-refractivity contribution < 1.29 is 14.3 Å². The lowest BCUT2D eigenvalue weighted by atomic mass is 10.2. The maximum atomic E-state index is 12.5. The summed E-state index contributed by atoms with van der Waals surface area (Å²) in [6.45, 7) is 6.79. The van der Waals surface area contributed by atoms with E-state index in [0.717, 1.165) is 22.8 Å². The number of amides is 1. The van der Waals surface area contributed by atoms with Crippen molar-refractivity contribution in [3.05, 3.63) is 41.2 Å². The summed E-state index contributed by atoms with van der Waals surface area (Å²) < 4.78 is 13.2. The summed E-state index contributed by atoms with van der Waals surface area (Å²) in [6, 6.07) is 9.19. The standard InChI is InChI=1S/C19H21N3O3/c1-4-14(11-20)21-19(23)16-9-12(2)22(13(16)3)15-5-6-17-18(10-15)25-8-7-24-17/h5-6,9-10,14H,4,7-8H2,1-3H3,(H,21,23)/t14-/m0/s1. The Hall–Kier alpha value is -2.94. The van der Waals surface area contributed by atoms with E-state index < -0.39 is 6.04 Å². The smallest absolute Gasteiger partial charge is 0.254 e. The molecule has 130 valence electrons. The van der Waals surface area contributed by atoms with Crippen molar-refractivity contribution in [3.8, 4) is 23.3 Å². The van der Waals surface area contributed by atoms with E-state index in [0.29, 0.717) is 30.9 Å². The van der Waals surface area contributed by atoms with Crippen LogP contribution < -0.4 is 14.8 Å². The third kappa shape index (κ3) is 3.18. The zero-order valence-electron chi connectivity index (χ0n) is 14.6. The molecule has 1 amide bonds. The molecule has 1 aliphatic heterocycles. The number of hydrogen-bond donors (Lipinski definition) is 1. The lowest BCUT2D eigenvalue weighted by Gasteiger charge is -2.20. The second-order valence-electron chi connectivity index (χ2n) is 6.01. The molecule has 3 rings (SSSR count). The van der Waals surface area contributed by atoms with E-state index in [2.05, 4.69) is 11.4 Å². The summed E-state index contributed by atoms with van der Waals surface area (Å²) in [5, 5.41) is 11.8. The van der Waals surface area contributed by atoms with Crippen LogP contribution in [0.4, 0.5) is 0 Å². The van der Waals surface area contributed by atoms with Crippen LogP contribution in [0.5, 0.6) is 11.5 Å². The third-order valence-electron chi connectivity index (χ3n) is 4.33. The van der Waals surface area contributed by atoms with Gasteiger partial charge in [-0.2, -0.15) is 5.26 Å². The molecule has 6 nitrogen and oxygen atoms in total. The van der Waals surface area contributed by atoms with Gasteiger partial charge in [0, 0.05) is 23.1 Å². The fraction of sp³-hybridized carbons (Fsp3) is 0.368. The van der Waals surface area contributed by atoms with Crippen molar-refractivity contribution in [1.29, 1.82) is 5.26 Å². The zero-order valence-corrected chi connectivity index (χ0v) is 14.6. The molecule has 6 heteroatoms. The summed E-state index contributed by atoms with van der Waals surface area (Å²) in [5.41, 5.74) is 3.23. The summed E-state index contributed by atoms with van der Waals surface area (Å²) in [7, 11) is 0. The monoisotopic (exact) mass is 339 g/mol. The molecular weight excluding hydrogens is 318 g/mol. The van der Waals surface area contributed by atoms with E-state index in [-0.39, 0.29) is 5.91 Å². The van der Waals surface area contributed by atoms with E-state index in [1.54, 1.807) is 0 Å². The first kappa shape index (κ1) is 16.9. The molecule has 0 saturated heterocycles. The predicted octanol–water partition coefficient (Wildman–Crippen LogP) is 2.90. The SMILES string of the molecule is CC[C@@H](C#N)NC(=O)c1cc(C)n(-c2ccc3c(c2)OCCO3)c1C. The van der Waals surface area contributed by atoms with Gasteiger partial charge in [-0.05, 0) is 38.5 Å². The van der Waals surface area contributed by atoms with Crippen LogP contribution in [0.1, 0.15) is 35.1 Å². The maximum absolute atomic E-state index is 12.5. The molecule has 0 fully saturated rings. The maximum Gasteiger partial charge on any atom is 0.254 e. The molecular formula is C19H21N3O3. The molecule has 2 heterocycles. The van der Waals surface area contributed by atoms with E-state index in [1.165, 1.54) is 0 Å². The zero-order chi connectivity index (χ0) is 18.0. The quantitative estimate of drug-likeness (QED) is 0.929.